The molecule has 0 spiro atoms. The quantitative estimate of drug-likeness (QED) is 0.289. The summed E-state index contributed by atoms with van der Waals surface area (Å²) in [5.41, 5.74) is 14.4. The van der Waals surface area contributed by atoms with E-state index in [9.17, 15) is 4.79 Å². The molecule has 1 aliphatic rings. The predicted octanol–water partition coefficient (Wildman–Crippen LogP) is 2.69. The number of benzene rings is 1. The van der Waals surface area contributed by atoms with E-state index in [1.807, 2.05) is 37.4 Å². The van der Waals surface area contributed by atoms with E-state index >= 15 is 0 Å². The lowest BCUT2D eigenvalue weighted by Crippen LogP contribution is -2.34. The van der Waals surface area contributed by atoms with Crippen molar-refractivity contribution in [3.8, 4) is 5.82 Å². The molecule has 0 saturated carbocycles. The second kappa shape index (κ2) is 9.47. The van der Waals surface area contributed by atoms with Crippen molar-refractivity contribution < 1.29 is 9.42 Å². The van der Waals surface area contributed by atoms with E-state index in [-0.39, 0.29) is 17.3 Å². The normalized spacial score (nSPS) is 14.7. The second-order valence-corrected chi connectivity index (χ2v) is 8.04. The van der Waals surface area contributed by atoms with E-state index in [4.69, 9.17) is 5.73 Å². The van der Waals surface area contributed by atoms with Crippen LogP contribution in [0.5, 0.6) is 0 Å². The molecule has 0 atom stereocenters. The number of nitrogens with one attached hydrogen (secondary N) is 2. The van der Waals surface area contributed by atoms with Gasteiger partial charge in [0.15, 0.2) is 5.69 Å². The molecule has 2 aromatic heterocycles. The zero-order valence-electron chi connectivity index (χ0n) is 16.9. The Morgan fingerprint density at radius 1 is 1.29 bits per heavy atom. The molecule has 1 aromatic carbocycles. The van der Waals surface area contributed by atoms with Gasteiger partial charge in [-0.05, 0) is 54.2 Å². The zero-order chi connectivity index (χ0) is 21.6. The minimum absolute atomic E-state index is 0.0617. The van der Waals surface area contributed by atoms with E-state index in [0.29, 0.717) is 11.4 Å². The molecular formula is C20H22N8O2S. The average Bonchev–Trinajstić information content (AvgIpc) is 3.39. The molecule has 11 heteroatoms. The van der Waals surface area contributed by atoms with Crippen molar-refractivity contribution in [1.29, 1.82) is 0 Å². The number of hydrazine groups is 1. The Morgan fingerprint density at radius 2 is 2.13 bits per heavy atom. The highest BCUT2D eigenvalue weighted by atomic mass is 32.2. The van der Waals surface area contributed by atoms with Gasteiger partial charge in [-0.15, -0.1) is 16.9 Å². The third kappa shape index (κ3) is 4.94. The predicted molar refractivity (Wildman–Crippen MR) is 116 cm³/mol. The summed E-state index contributed by atoms with van der Waals surface area (Å²) in [6.45, 7) is 2.03. The summed E-state index contributed by atoms with van der Waals surface area (Å²) in [5, 5.41) is 15.5. The molecular weight excluding hydrogens is 416 g/mol. The number of thioether (sulfide) groups is 1. The summed E-state index contributed by atoms with van der Waals surface area (Å²) in [5.74, 6) is 0.252. The van der Waals surface area contributed by atoms with E-state index < -0.39 is 5.91 Å². The van der Waals surface area contributed by atoms with E-state index in [2.05, 4.69) is 48.3 Å². The van der Waals surface area contributed by atoms with Gasteiger partial charge in [0.05, 0.1) is 5.69 Å². The Balaban J connectivity index is 1.53. The number of amides is 1. The fraction of sp³-hybridized carbons (Fsp3) is 0.250. The molecule has 0 unspecified atom stereocenters. The van der Waals surface area contributed by atoms with Crippen LogP contribution in [0.3, 0.4) is 0 Å². The molecule has 31 heavy (non-hydrogen) atoms. The number of anilines is 1. The third-order valence-electron chi connectivity index (χ3n) is 4.71. The molecule has 0 bridgehead atoms. The summed E-state index contributed by atoms with van der Waals surface area (Å²) in [4.78, 5) is 13.8. The van der Waals surface area contributed by atoms with E-state index in [0.717, 1.165) is 24.2 Å². The first-order valence-corrected chi connectivity index (χ1v) is 10.7. The number of rotatable bonds is 7. The third-order valence-corrected chi connectivity index (χ3v) is 5.74. The van der Waals surface area contributed by atoms with Crippen LogP contribution in [0.15, 0.2) is 57.7 Å². The largest absolute Gasteiger partial charge is 0.378 e. The number of nitrogens with two attached hydrogens (primary N) is 1. The summed E-state index contributed by atoms with van der Waals surface area (Å²) >= 11 is 1.54. The fourth-order valence-corrected chi connectivity index (χ4v) is 3.91. The van der Waals surface area contributed by atoms with Gasteiger partial charge in [0.25, 0.3) is 5.91 Å². The van der Waals surface area contributed by atoms with Crippen molar-refractivity contribution in [1.82, 2.24) is 36.2 Å². The number of nitrogen functional groups attached to an aromatic ring is 1. The maximum Gasteiger partial charge on any atom is 0.292 e. The van der Waals surface area contributed by atoms with Crippen molar-refractivity contribution >= 4 is 23.5 Å². The first-order valence-electron chi connectivity index (χ1n) is 9.73. The van der Waals surface area contributed by atoms with Crippen LogP contribution in [-0.4, -0.2) is 31.2 Å². The number of carbonyl (C=O) groups is 1. The van der Waals surface area contributed by atoms with Crippen molar-refractivity contribution in [3.63, 3.8) is 0 Å². The Bertz CT molecular complexity index is 1120. The van der Waals surface area contributed by atoms with Crippen LogP contribution < -0.4 is 16.6 Å². The fourth-order valence-electron chi connectivity index (χ4n) is 3.02. The maximum absolute atomic E-state index is 12.8. The Kier molecular flexibility index (Phi) is 6.32. The second-order valence-electron chi connectivity index (χ2n) is 6.99. The molecule has 160 valence electrons. The number of aromatic nitrogens is 5. The SMILES string of the molecule is Cc1ccc(SCc2c(C(=O)NN/C=C3\CC=CCC3)nnn2-c2nonc2N)cc1. The van der Waals surface area contributed by atoms with Crippen LogP contribution in [0.1, 0.15) is 41.0 Å². The van der Waals surface area contributed by atoms with Crippen LogP contribution in [0.2, 0.25) is 0 Å². The molecule has 0 saturated heterocycles. The monoisotopic (exact) mass is 438 g/mol. The maximum atomic E-state index is 12.8. The van der Waals surface area contributed by atoms with Crippen LogP contribution in [0.4, 0.5) is 5.82 Å². The van der Waals surface area contributed by atoms with Crippen molar-refractivity contribution in [2.24, 2.45) is 0 Å². The Hall–Kier alpha value is -3.60. The molecule has 0 fully saturated rings. The van der Waals surface area contributed by atoms with Crippen LogP contribution in [0.25, 0.3) is 5.82 Å². The van der Waals surface area contributed by atoms with E-state index in [1.165, 1.54) is 15.8 Å². The highest BCUT2D eigenvalue weighted by molar-refractivity contribution is 7.98. The zero-order valence-corrected chi connectivity index (χ0v) is 17.7. The lowest BCUT2D eigenvalue weighted by atomic mass is 10.0. The first kappa shape index (κ1) is 20.7. The van der Waals surface area contributed by atoms with Gasteiger partial charge < -0.3 is 11.2 Å². The van der Waals surface area contributed by atoms with Crippen molar-refractivity contribution in [3.05, 3.63) is 65.1 Å². The van der Waals surface area contributed by atoms with Gasteiger partial charge in [0, 0.05) is 16.8 Å². The van der Waals surface area contributed by atoms with Crippen molar-refractivity contribution in [2.75, 3.05) is 5.73 Å². The topological polar surface area (TPSA) is 137 Å². The van der Waals surface area contributed by atoms with Gasteiger partial charge in [-0.25, -0.2) is 4.63 Å². The smallest absolute Gasteiger partial charge is 0.292 e. The molecule has 0 radical (unpaired) electrons. The van der Waals surface area contributed by atoms with Crippen LogP contribution in [0, 0.1) is 6.92 Å². The molecule has 0 aliphatic heterocycles. The number of nitrogens with zero attached hydrogens (tertiary/aromatic N) is 5. The molecule has 1 aliphatic carbocycles. The number of carbonyl (C=O) groups excluding carboxylic acids is 1. The standard InChI is InChI=1S/C20H22N8O2S/c1-13-7-9-15(10-8-13)31-12-16-17(23-27-28(16)19-18(21)25-30-26-19)20(29)24-22-11-14-5-3-2-4-6-14/h2-3,7-11,22H,4-6,12H2,1H3,(H2,21,25)(H,24,29)/b14-11+. The number of allylic oxidation sites excluding steroid dienone is 3. The number of aryl methyl sites for hydroxylation is 1. The molecule has 4 rings (SSSR count). The minimum Gasteiger partial charge on any atom is -0.378 e. The van der Waals surface area contributed by atoms with Gasteiger partial charge in [0.1, 0.15) is 0 Å². The minimum atomic E-state index is -0.413. The molecule has 3 aromatic rings. The molecule has 10 nitrogen and oxygen atoms in total. The lowest BCUT2D eigenvalue weighted by molar-refractivity contribution is 0.0935. The van der Waals surface area contributed by atoms with Gasteiger partial charge in [0.2, 0.25) is 11.6 Å². The average molecular weight is 439 g/mol. The summed E-state index contributed by atoms with van der Waals surface area (Å²) in [7, 11) is 0. The summed E-state index contributed by atoms with van der Waals surface area (Å²) in [6.07, 6.45) is 8.91. The highest BCUT2D eigenvalue weighted by Crippen LogP contribution is 2.26. The highest BCUT2D eigenvalue weighted by Gasteiger charge is 2.24. The Labute approximate surface area is 182 Å². The molecule has 1 amide bonds. The molecule has 2 heterocycles. The van der Waals surface area contributed by atoms with Crippen molar-refractivity contribution in [2.45, 2.75) is 36.8 Å². The number of hydrogen-bond acceptors (Lipinski definition) is 9. The van der Waals surface area contributed by atoms with Gasteiger partial charge in [-0.1, -0.05) is 35.1 Å². The first-order chi connectivity index (χ1) is 15.1. The Morgan fingerprint density at radius 3 is 2.84 bits per heavy atom. The molecule has 4 N–H and O–H groups in total. The summed E-state index contributed by atoms with van der Waals surface area (Å²) in [6, 6.07) is 8.10. The summed E-state index contributed by atoms with van der Waals surface area (Å²) < 4.78 is 6.07. The van der Waals surface area contributed by atoms with Crippen LogP contribution >= 0.6 is 11.8 Å². The van der Waals surface area contributed by atoms with Gasteiger partial charge in [-0.3, -0.25) is 10.2 Å². The van der Waals surface area contributed by atoms with Gasteiger partial charge in [-0.2, -0.15) is 4.68 Å². The lowest BCUT2D eigenvalue weighted by Gasteiger charge is -2.10. The van der Waals surface area contributed by atoms with E-state index in [1.54, 1.807) is 11.8 Å². The number of hydrogen-bond donors (Lipinski definition) is 3. The van der Waals surface area contributed by atoms with Gasteiger partial charge >= 0.3 is 0 Å². The van der Waals surface area contributed by atoms with Crippen LogP contribution in [-0.2, 0) is 5.75 Å².